The summed E-state index contributed by atoms with van der Waals surface area (Å²) in [6, 6.07) is 0.268. The molecule has 1 aliphatic carbocycles. The topological polar surface area (TPSA) is 56.8 Å². The fourth-order valence-electron chi connectivity index (χ4n) is 3.45. The van der Waals surface area contributed by atoms with Crippen LogP contribution in [0.1, 0.15) is 51.4 Å². The van der Waals surface area contributed by atoms with Gasteiger partial charge in [-0.2, -0.15) is 0 Å². The van der Waals surface area contributed by atoms with Crippen molar-refractivity contribution in [2.45, 2.75) is 69.3 Å². The summed E-state index contributed by atoms with van der Waals surface area (Å²) in [4.78, 5) is 12.0. The van der Waals surface area contributed by atoms with Crippen LogP contribution in [0.25, 0.3) is 0 Å². The molecule has 1 saturated carbocycles. The van der Waals surface area contributed by atoms with E-state index in [0.717, 1.165) is 45.1 Å². The second-order valence-corrected chi connectivity index (χ2v) is 6.14. The van der Waals surface area contributed by atoms with Gasteiger partial charge in [-0.1, -0.05) is 0 Å². The van der Waals surface area contributed by atoms with E-state index < -0.39 is 0 Å². The fraction of sp³-hybridized carbons (Fsp3) is 0.933. The van der Waals surface area contributed by atoms with E-state index in [1.54, 1.807) is 0 Å². The van der Waals surface area contributed by atoms with Gasteiger partial charge in [-0.15, -0.1) is 0 Å². The second-order valence-electron chi connectivity index (χ2n) is 6.14. The summed E-state index contributed by atoms with van der Waals surface area (Å²) >= 11 is 0. The first kappa shape index (κ1) is 14.3. The lowest BCUT2D eigenvalue weighted by Gasteiger charge is -2.35. The summed E-state index contributed by atoms with van der Waals surface area (Å²) in [5.41, 5.74) is 0. The molecule has 0 aromatic rings. The van der Waals surface area contributed by atoms with Gasteiger partial charge in [-0.3, -0.25) is 4.79 Å². The lowest BCUT2D eigenvalue weighted by atomic mass is 9.90. The third kappa shape index (κ3) is 3.51. The highest BCUT2D eigenvalue weighted by Crippen LogP contribution is 2.35. The van der Waals surface area contributed by atoms with E-state index in [9.17, 15) is 4.79 Å². The molecule has 1 unspecified atom stereocenters. The highest BCUT2D eigenvalue weighted by Gasteiger charge is 2.40. The molecule has 1 N–H and O–H groups in total. The molecule has 2 saturated heterocycles. The minimum Gasteiger partial charge on any atom is -0.378 e. The third-order valence-electron chi connectivity index (χ3n) is 4.61. The largest absolute Gasteiger partial charge is 0.378 e. The summed E-state index contributed by atoms with van der Waals surface area (Å²) in [5.74, 6) is -0.209. The average molecular weight is 283 g/mol. The van der Waals surface area contributed by atoms with Crippen LogP contribution in [0.3, 0.4) is 0 Å². The van der Waals surface area contributed by atoms with Gasteiger partial charge in [0.15, 0.2) is 5.79 Å². The molecule has 0 bridgehead atoms. The number of hydrogen-bond donors (Lipinski definition) is 1. The number of amides is 1. The van der Waals surface area contributed by atoms with Gasteiger partial charge in [-0.25, -0.2) is 0 Å². The fourth-order valence-corrected chi connectivity index (χ4v) is 3.45. The van der Waals surface area contributed by atoms with Crippen LogP contribution in [0.15, 0.2) is 0 Å². The zero-order chi connectivity index (χ0) is 13.8. The molecule has 2 heterocycles. The van der Waals surface area contributed by atoms with E-state index >= 15 is 0 Å². The van der Waals surface area contributed by atoms with Gasteiger partial charge in [0.1, 0.15) is 0 Å². The summed E-state index contributed by atoms with van der Waals surface area (Å²) in [6.45, 7) is 2.21. The van der Waals surface area contributed by atoms with Gasteiger partial charge in [0.05, 0.1) is 25.7 Å². The molecule has 1 atom stereocenters. The van der Waals surface area contributed by atoms with E-state index in [1.165, 1.54) is 6.42 Å². The minimum absolute atomic E-state index is 0.125. The molecular formula is C15H25NO4. The van der Waals surface area contributed by atoms with E-state index in [4.69, 9.17) is 14.2 Å². The lowest BCUT2D eigenvalue weighted by Crippen LogP contribution is -2.44. The molecule has 0 aromatic heterocycles. The van der Waals surface area contributed by atoms with Gasteiger partial charge >= 0.3 is 0 Å². The molecule has 3 aliphatic rings. The monoisotopic (exact) mass is 283 g/mol. The van der Waals surface area contributed by atoms with Crippen molar-refractivity contribution in [2.24, 2.45) is 0 Å². The zero-order valence-corrected chi connectivity index (χ0v) is 12.1. The number of rotatable bonds is 3. The predicted octanol–water partition coefficient (Wildman–Crippen LogP) is 1.75. The van der Waals surface area contributed by atoms with Crippen LogP contribution in [0.2, 0.25) is 0 Å². The number of carbonyl (C=O) groups excluding carboxylic acids is 1. The van der Waals surface area contributed by atoms with Gasteiger partial charge in [-0.05, 0) is 32.1 Å². The average Bonchev–Trinajstić information content (AvgIpc) is 2.91. The molecular weight excluding hydrogens is 258 g/mol. The highest BCUT2D eigenvalue weighted by atomic mass is 16.7. The van der Waals surface area contributed by atoms with E-state index in [0.29, 0.717) is 19.6 Å². The van der Waals surface area contributed by atoms with Gasteiger partial charge in [0.2, 0.25) is 5.91 Å². The van der Waals surface area contributed by atoms with Crippen molar-refractivity contribution in [3.8, 4) is 0 Å². The number of hydrogen-bond acceptors (Lipinski definition) is 4. The van der Waals surface area contributed by atoms with Crippen molar-refractivity contribution < 1.29 is 19.0 Å². The van der Waals surface area contributed by atoms with Crippen LogP contribution >= 0.6 is 0 Å². The van der Waals surface area contributed by atoms with E-state index in [-0.39, 0.29) is 23.8 Å². The molecule has 3 fully saturated rings. The van der Waals surface area contributed by atoms with E-state index in [2.05, 4.69) is 5.32 Å². The quantitative estimate of drug-likeness (QED) is 0.857. The Morgan fingerprint density at radius 3 is 2.45 bits per heavy atom. The summed E-state index contributed by atoms with van der Waals surface area (Å²) in [7, 11) is 0. The van der Waals surface area contributed by atoms with E-state index in [1.807, 2.05) is 0 Å². The van der Waals surface area contributed by atoms with Crippen molar-refractivity contribution in [1.82, 2.24) is 5.32 Å². The maximum absolute atomic E-state index is 12.0. The van der Waals surface area contributed by atoms with Crippen molar-refractivity contribution in [1.29, 1.82) is 0 Å². The minimum atomic E-state index is -0.340. The van der Waals surface area contributed by atoms with Crippen molar-refractivity contribution >= 4 is 5.91 Å². The maximum Gasteiger partial charge on any atom is 0.222 e. The molecule has 5 heteroatoms. The third-order valence-corrected chi connectivity index (χ3v) is 4.61. The van der Waals surface area contributed by atoms with Crippen molar-refractivity contribution in [2.75, 3.05) is 19.8 Å². The van der Waals surface area contributed by atoms with Crippen LogP contribution in [0.4, 0.5) is 0 Å². The van der Waals surface area contributed by atoms with Gasteiger partial charge in [0, 0.05) is 25.5 Å². The molecule has 20 heavy (non-hydrogen) atoms. The smallest absolute Gasteiger partial charge is 0.222 e. The Morgan fingerprint density at radius 1 is 1.05 bits per heavy atom. The summed E-state index contributed by atoms with van der Waals surface area (Å²) < 4.78 is 17.0. The predicted molar refractivity (Wildman–Crippen MR) is 73.2 cm³/mol. The van der Waals surface area contributed by atoms with Gasteiger partial charge in [0.25, 0.3) is 0 Å². The first-order valence-electron chi connectivity index (χ1n) is 7.95. The summed E-state index contributed by atoms with van der Waals surface area (Å²) in [6.07, 6.45) is 7.61. The van der Waals surface area contributed by atoms with Crippen LogP contribution in [0.5, 0.6) is 0 Å². The molecule has 5 nitrogen and oxygen atoms in total. The lowest BCUT2D eigenvalue weighted by molar-refractivity contribution is -0.180. The standard InChI is InChI=1S/C15H25NO4/c17-14(11-13-3-1-2-8-18-13)16-12-4-6-15(7-5-12)19-9-10-20-15/h12-13H,1-11H2,(H,16,17). The zero-order valence-electron chi connectivity index (χ0n) is 12.1. The maximum atomic E-state index is 12.0. The van der Waals surface area contributed by atoms with Crippen molar-refractivity contribution in [3.05, 3.63) is 0 Å². The van der Waals surface area contributed by atoms with Crippen molar-refractivity contribution in [3.63, 3.8) is 0 Å². The van der Waals surface area contributed by atoms with Crippen LogP contribution in [-0.2, 0) is 19.0 Å². The number of ether oxygens (including phenoxy) is 3. The molecule has 3 rings (SSSR count). The van der Waals surface area contributed by atoms with Crippen LogP contribution < -0.4 is 5.32 Å². The highest BCUT2D eigenvalue weighted by molar-refractivity contribution is 5.76. The van der Waals surface area contributed by atoms with Crippen LogP contribution in [0, 0.1) is 0 Å². The second kappa shape index (κ2) is 6.41. The molecule has 1 amide bonds. The Labute approximate surface area is 120 Å². The van der Waals surface area contributed by atoms with Gasteiger partial charge < -0.3 is 19.5 Å². The molecule has 0 radical (unpaired) electrons. The first-order chi connectivity index (χ1) is 9.76. The number of nitrogens with one attached hydrogen (secondary N) is 1. The Bertz CT molecular complexity index is 325. The molecule has 1 spiro atoms. The Kier molecular flexibility index (Phi) is 4.58. The first-order valence-corrected chi connectivity index (χ1v) is 7.95. The number of carbonyl (C=O) groups is 1. The SMILES string of the molecule is O=C(CC1CCCCO1)NC1CCC2(CC1)OCCO2. The Balaban J connectivity index is 1.39. The Morgan fingerprint density at radius 2 is 1.80 bits per heavy atom. The molecule has 0 aromatic carbocycles. The van der Waals surface area contributed by atoms with Crippen LogP contribution in [-0.4, -0.2) is 43.7 Å². The molecule has 2 aliphatic heterocycles. The molecule has 114 valence electrons. The normalized spacial score (nSPS) is 30.5. The Hall–Kier alpha value is -0.650. The summed E-state index contributed by atoms with van der Waals surface area (Å²) in [5, 5.41) is 3.14.